The number of hydrogen-bond acceptors (Lipinski definition) is 1. The van der Waals surface area contributed by atoms with Crippen LogP contribution in [0.3, 0.4) is 0 Å². The predicted octanol–water partition coefficient (Wildman–Crippen LogP) is 4.65. The van der Waals surface area contributed by atoms with E-state index in [9.17, 15) is 18.0 Å². The molecule has 0 spiro atoms. The minimum atomic E-state index is -1.26. The van der Waals surface area contributed by atoms with Crippen LogP contribution in [0.25, 0.3) is 0 Å². The van der Waals surface area contributed by atoms with Gasteiger partial charge in [0.1, 0.15) is 5.82 Å². The third-order valence-electron chi connectivity index (χ3n) is 3.75. The SMILES string of the molecule is O=C(c1cc(F)c(F)cc1F)C1CCCCCCC1. The molecule has 1 aliphatic carbocycles. The monoisotopic (exact) mass is 270 g/mol. The molecule has 4 heteroatoms. The third-order valence-corrected chi connectivity index (χ3v) is 3.75. The van der Waals surface area contributed by atoms with Crippen LogP contribution in [0.2, 0.25) is 0 Å². The lowest BCUT2D eigenvalue weighted by molar-refractivity contribution is 0.0893. The first-order valence-corrected chi connectivity index (χ1v) is 6.78. The summed E-state index contributed by atoms with van der Waals surface area (Å²) < 4.78 is 39.6. The van der Waals surface area contributed by atoms with Crippen molar-refractivity contribution in [1.29, 1.82) is 0 Å². The molecular formula is C15H17F3O. The normalized spacial score (nSPS) is 17.8. The fraction of sp³-hybridized carbons (Fsp3) is 0.533. The number of carbonyl (C=O) groups is 1. The van der Waals surface area contributed by atoms with Gasteiger partial charge in [0.15, 0.2) is 17.4 Å². The van der Waals surface area contributed by atoms with Crippen molar-refractivity contribution >= 4 is 5.78 Å². The van der Waals surface area contributed by atoms with Gasteiger partial charge >= 0.3 is 0 Å². The lowest BCUT2D eigenvalue weighted by atomic mass is 9.85. The molecule has 104 valence electrons. The minimum absolute atomic E-state index is 0.264. The topological polar surface area (TPSA) is 17.1 Å². The quantitative estimate of drug-likeness (QED) is 0.565. The number of carbonyl (C=O) groups excluding carboxylic acids is 1. The molecule has 0 aliphatic heterocycles. The number of ketones is 1. The largest absolute Gasteiger partial charge is 0.294 e. The molecule has 19 heavy (non-hydrogen) atoms. The second kappa shape index (κ2) is 6.22. The summed E-state index contributed by atoms with van der Waals surface area (Å²) in [5, 5.41) is 0. The van der Waals surface area contributed by atoms with Gasteiger partial charge in [0, 0.05) is 12.0 Å². The number of Topliss-reactive ketones (excluding diaryl/α,β-unsaturated/α-hetero) is 1. The summed E-state index contributed by atoms with van der Waals surface area (Å²) in [5.74, 6) is -4.05. The molecule has 0 saturated heterocycles. The molecule has 1 fully saturated rings. The molecular weight excluding hydrogens is 253 g/mol. The van der Waals surface area contributed by atoms with Crippen molar-refractivity contribution in [3.8, 4) is 0 Å². The second-order valence-electron chi connectivity index (χ2n) is 5.15. The zero-order valence-corrected chi connectivity index (χ0v) is 10.7. The number of hydrogen-bond donors (Lipinski definition) is 0. The van der Waals surface area contributed by atoms with Gasteiger partial charge in [-0.3, -0.25) is 4.79 Å². The van der Waals surface area contributed by atoms with Crippen molar-refractivity contribution in [3.63, 3.8) is 0 Å². The van der Waals surface area contributed by atoms with Crippen molar-refractivity contribution in [2.24, 2.45) is 5.92 Å². The third kappa shape index (κ3) is 3.37. The Kier molecular flexibility index (Phi) is 4.61. The molecule has 0 heterocycles. The van der Waals surface area contributed by atoms with E-state index in [0.717, 1.165) is 25.7 Å². The van der Waals surface area contributed by atoms with Gasteiger partial charge in [-0.05, 0) is 18.9 Å². The Balaban J connectivity index is 2.20. The molecule has 1 aromatic rings. The van der Waals surface area contributed by atoms with E-state index < -0.39 is 23.2 Å². The van der Waals surface area contributed by atoms with Crippen molar-refractivity contribution in [2.75, 3.05) is 0 Å². The molecule has 2 rings (SSSR count). The van der Waals surface area contributed by atoms with E-state index in [-0.39, 0.29) is 11.5 Å². The Morgan fingerprint density at radius 3 is 2.00 bits per heavy atom. The van der Waals surface area contributed by atoms with Crippen molar-refractivity contribution in [2.45, 2.75) is 44.9 Å². The lowest BCUT2D eigenvalue weighted by Crippen LogP contribution is -2.18. The van der Waals surface area contributed by atoms with E-state index in [0.29, 0.717) is 25.0 Å². The fourth-order valence-corrected chi connectivity index (χ4v) is 2.65. The summed E-state index contributed by atoms with van der Waals surface area (Å²) in [7, 11) is 0. The minimum Gasteiger partial charge on any atom is -0.294 e. The van der Waals surface area contributed by atoms with Gasteiger partial charge in [0.25, 0.3) is 0 Å². The molecule has 1 aliphatic rings. The highest BCUT2D eigenvalue weighted by molar-refractivity contribution is 5.98. The van der Waals surface area contributed by atoms with Gasteiger partial charge in [-0.1, -0.05) is 32.1 Å². The van der Waals surface area contributed by atoms with Crippen molar-refractivity contribution < 1.29 is 18.0 Å². The number of benzene rings is 1. The maximum atomic E-state index is 13.6. The zero-order chi connectivity index (χ0) is 13.8. The van der Waals surface area contributed by atoms with Crippen LogP contribution in [0.1, 0.15) is 55.3 Å². The summed E-state index contributed by atoms with van der Waals surface area (Å²) in [6.45, 7) is 0. The van der Waals surface area contributed by atoms with Crippen molar-refractivity contribution in [3.05, 3.63) is 35.1 Å². The highest BCUT2D eigenvalue weighted by Crippen LogP contribution is 2.27. The van der Waals surface area contributed by atoms with Crippen LogP contribution in [0, 0.1) is 23.4 Å². The molecule has 0 bridgehead atoms. The van der Waals surface area contributed by atoms with Gasteiger partial charge in [0.2, 0.25) is 0 Å². The smallest absolute Gasteiger partial charge is 0.168 e. The summed E-state index contributed by atoms with van der Waals surface area (Å²) >= 11 is 0. The first kappa shape index (κ1) is 14.1. The van der Waals surface area contributed by atoms with Crippen LogP contribution < -0.4 is 0 Å². The highest BCUT2D eigenvalue weighted by Gasteiger charge is 2.24. The molecule has 0 N–H and O–H groups in total. The van der Waals surface area contributed by atoms with Crippen LogP contribution >= 0.6 is 0 Å². The Morgan fingerprint density at radius 2 is 1.37 bits per heavy atom. The van der Waals surface area contributed by atoms with Crippen LogP contribution in [0.15, 0.2) is 12.1 Å². The fourth-order valence-electron chi connectivity index (χ4n) is 2.65. The molecule has 0 aromatic heterocycles. The number of rotatable bonds is 2. The Labute approximate surface area is 110 Å². The Morgan fingerprint density at radius 1 is 0.842 bits per heavy atom. The summed E-state index contributed by atoms with van der Waals surface area (Å²) in [6, 6.07) is 1.14. The molecule has 1 saturated carbocycles. The highest BCUT2D eigenvalue weighted by atomic mass is 19.2. The van der Waals surface area contributed by atoms with E-state index in [1.54, 1.807) is 0 Å². The Bertz CT molecular complexity index is 463. The predicted molar refractivity (Wildman–Crippen MR) is 66.5 cm³/mol. The molecule has 0 unspecified atom stereocenters. The molecule has 0 amide bonds. The second-order valence-corrected chi connectivity index (χ2v) is 5.15. The maximum Gasteiger partial charge on any atom is 0.168 e. The first-order chi connectivity index (χ1) is 9.09. The van der Waals surface area contributed by atoms with Gasteiger partial charge in [-0.2, -0.15) is 0 Å². The maximum absolute atomic E-state index is 13.6. The van der Waals surface area contributed by atoms with E-state index in [1.165, 1.54) is 6.42 Å². The van der Waals surface area contributed by atoms with E-state index in [4.69, 9.17) is 0 Å². The van der Waals surface area contributed by atoms with E-state index >= 15 is 0 Å². The van der Waals surface area contributed by atoms with Gasteiger partial charge < -0.3 is 0 Å². The van der Waals surface area contributed by atoms with Gasteiger partial charge in [-0.25, -0.2) is 13.2 Å². The standard InChI is InChI=1S/C15H17F3O/c16-12-9-14(18)13(17)8-11(12)15(19)10-6-4-2-1-3-5-7-10/h8-10H,1-7H2. The van der Waals surface area contributed by atoms with Gasteiger partial charge in [0.05, 0.1) is 5.56 Å². The van der Waals surface area contributed by atoms with Crippen LogP contribution in [0.4, 0.5) is 13.2 Å². The molecule has 1 nitrogen and oxygen atoms in total. The summed E-state index contributed by atoms with van der Waals surface area (Å²) in [4.78, 5) is 12.2. The Hall–Kier alpha value is -1.32. The van der Waals surface area contributed by atoms with Crippen molar-refractivity contribution in [1.82, 2.24) is 0 Å². The average molecular weight is 270 g/mol. The number of halogens is 3. The molecule has 0 radical (unpaired) electrons. The molecule has 0 atom stereocenters. The summed E-state index contributed by atoms with van der Waals surface area (Å²) in [5.41, 5.74) is -0.315. The average Bonchev–Trinajstić information content (AvgIpc) is 2.32. The lowest BCUT2D eigenvalue weighted by Gasteiger charge is -2.18. The zero-order valence-electron chi connectivity index (χ0n) is 10.7. The summed E-state index contributed by atoms with van der Waals surface area (Å²) in [6.07, 6.45) is 6.59. The van der Waals surface area contributed by atoms with Crippen LogP contribution in [0.5, 0.6) is 0 Å². The van der Waals surface area contributed by atoms with E-state index in [2.05, 4.69) is 0 Å². The van der Waals surface area contributed by atoms with E-state index in [1.807, 2.05) is 0 Å². The first-order valence-electron chi connectivity index (χ1n) is 6.78. The van der Waals surface area contributed by atoms with Crippen LogP contribution in [-0.2, 0) is 0 Å². The van der Waals surface area contributed by atoms with Gasteiger partial charge in [-0.15, -0.1) is 0 Å². The van der Waals surface area contributed by atoms with Crippen LogP contribution in [-0.4, -0.2) is 5.78 Å². The molecule has 1 aromatic carbocycles.